The number of hydrogen-bond donors (Lipinski definition) is 0. The van der Waals surface area contributed by atoms with Gasteiger partial charge in [-0.05, 0) is 128 Å². The van der Waals surface area contributed by atoms with Crippen LogP contribution in [0.25, 0.3) is 12.2 Å². The molecule has 0 radical (unpaired) electrons. The Morgan fingerprint density at radius 2 is 0.915 bits per heavy atom. The Balaban J connectivity index is 2.48. The normalized spacial score (nSPS) is 11.1. The summed E-state index contributed by atoms with van der Waals surface area (Å²) in [6, 6.07) is 11.0. The van der Waals surface area contributed by atoms with Crippen LogP contribution in [0.15, 0.2) is 95.1 Å². The van der Waals surface area contributed by atoms with Crippen LogP contribution in [0.2, 0.25) is 0 Å². The molecule has 0 bridgehead atoms. The van der Waals surface area contributed by atoms with Gasteiger partial charge in [0.05, 0.1) is 14.2 Å². The van der Waals surface area contributed by atoms with E-state index in [9.17, 15) is 9.59 Å². The zero-order valence-electron chi connectivity index (χ0n) is 29.9. The van der Waals surface area contributed by atoms with Crippen LogP contribution >= 0.6 is 0 Å². The molecular weight excluding hydrogens is 588 g/mol. The maximum atomic E-state index is 14.1. The van der Waals surface area contributed by atoms with E-state index in [4.69, 9.17) is 18.9 Å². The molecule has 0 atom stereocenters. The van der Waals surface area contributed by atoms with Gasteiger partial charge in [0, 0.05) is 0 Å². The maximum absolute atomic E-state index is 14.1. The smallest absolute Gasteiger partial charge is 0.170 e. The molecule has 0 aliphatic heterocycles. The standard InChI is InChI=1S/C41H52O6/c1-29(2)19-23-41(24-20-30(3)4,39(42)17-13-33-11-15-35(37(27-33)44-9)46-25-21-31(5)6)40(43)18-14-34-12-16-36(38(28-34)45-10)47-26-22-32(7)8/h11-22,27-28H,23-26H2,1-10H3/b17-13+,18-14+. The van der Waals surface area contributed by atoms with E-state index in [2.05, 4.69) is 0 Å². The molecule has 0 amide bonds. The van der Waals surface area contributed by atoms with E-state index in [1.54, 1.807) is 26.4 Å². The molecule has 2 aromatic rings. The fraction of sp³-hybridized carbons (Fsp3) is 0.366. The second-order valence-electron chi connectivity index (χ2n) is 12.5. The van der Waals surface area contributed by atoms with Gasteiger partial charge in [-0.1, -0.05) is 58.7 Å². The summed E-state index contributed by atoms with van der Waals surface area (Å²) >= 11 is 0. The van der Waals surface area contributed by atoms with Gasteiger partial charge in [-0.2, -0.15) is 0 Å². The Hall–Kier alpha value is -4.58. The predicted molar refractivity (Wildman–Crippen MR) is 194 cm³/mol. The highest BCUT2D eigenvalue weighted by atomic mass is 16.5. The van der Waals surface area contributed by atoms with Crippen LogP contribution in [0.3, 0.4) is 0 Å². The number of rotatable bonds is 18. The molecule has 0 spiro atoms. The summed E-state index contributed by atoms with van der Waals surface area (Å²) in [5, 5.41) is 0. The number of methoxy groups -OCH3 is 2. The first-order valence-electron chi connectivity index (χ1n) is 15.9. The maximum Gasteiger partial charge on any atom is 0.170 e. The van der Waals surface area contributed by atoms with Crippen molar-refractivity contribution in [2.75, 3.05) is 27.4 Å². The number of ketones is 2. The highest BCUT2D eigenvalue weighted by Gasteiger charge is 2.41. The van der Waals surface area contributed by atoms with Crippen LogP contribution in [-0.2, 0) is 9.59 Å². The zero-order chi connectivity index (χ0) is 35.0. The van der Waals surface area contributed by atoms with Gasteiger partial charge in [-0.15, -0.1) is 0 Å². The Morgan fingerprint density at radius 1 is 0.553 bits per heavy atom. The van der Waals surface area contributed by atoms with E-state index in [0.717, 1.165) is 33.4 Å². The fourth-order valence-electron chi connectivity index (χ4n) is 4.44. The molecule has 0 N–H and O–H groups in total. The Kier molecular flexibility index (Phi) is 15.7. The van der Waals surface area contributed by atoms with Gasteiger partial charge in [-0.25, -0.2) is 0 Å². The summed E-state index contributed by atoms with van der Waals surface area (Å²) in [6.07, 6.45) is 14.9. The summed E-state index contributed by atoms with van der Waals surface area (Å²) in [5.41, 5.74) is 4.57. The number of carbonyl (C=O) groups excluding carboxylic acids is 2. The summed E-state index contributed by atoms with van der Waals surface area (Å²) in [4.78, 5) is 28.3. The molecule has 252 valence electrons. The highest BCUT2D eigenvalue weighted by Crippen LogP contribution is 2.35. The fourth-order valence-corrected chi connectivity index (χ4v) is 4.44. The number of ether oxygens (including phenoxy) is 4. The average molecular weight is 641 g/mol. The summed E-state index contributed by atoms with van der Waals surface area (Å²) in [5.74, 6) is 1.80. The Bertz CT molecular complexity index is 1430. The van der Waals surface area contributed by atoms with Crippen LogP contribution in [0.5, 0.6) is 23.0 Å². The first-order valence-corrected chi connectivity index (χ1v) is 15.9. The van der Waals surface area contributed by atoms with Crippen molar-refractivity contribution in [3.8, 4) is 23.0 Å². The van der Waals surface area contributed by atoms with Crippen LogP contribution in [0.1, 0.15) is 79.4 Å². The van der Waals surface area contributed by atoms with E-state index < -0.39 is 5.41 Å². The summed E-state index contributed by atoms with van der Waals surface area (Å²) < 4.78 is 22.8. The van der Waals surface area contributed by atoms with Crippen molar-refractivity contribution in [2.24, 2.45) is 5.41 Å². The number of carbonyl (C=O) groups is 2. The van der Waals surface area contributed by atoms with Gasteiger partial charge in [0.25, 0.3) is 0 Å². The van der Waals surface area contributed by atoms with Gasteiger partial charge in [0.1, 0.15) is 18.6 Å². The Labute approximate surface area is 282 Å². The second-order valence-corrected chi connectivity index (χ2v) is 12.5. The van der Waals surface area contributed by atoms with Gasteiger partial charge < -0.3 is 18.9 Å². The molecule has 2 aromatic carbocycles. The average Bonchev–Trinajstić information content (AvgIpc) is 3.02. The minimum Gasteiger partial charge on any atom is -0.493 e. The lowest BCUT2D eigenvalue weighted by molar-refractivity contribution is -0.134. The molecule has 0 unspecified atom stereocenters. The number of hydrogen-bond acceptors (Lipinski definition) is 6. The quantitative estimate of drug-likeness (QED) is 0.0918. The molecule has 0 heterocycles. The molecule has 0 fully saturated rings. The molecule has 47 heavy (non-hydrogen) atoms. The molecule has 6 nitrogen and oxygen atoms in total. The zero-order valence-corrected chi connectivity index (χ0v) is 29.9. The first kappa shape index (κ1) is 38.6. The van der Waals surface area contributed by atoms with Crippen LogP contribution in [-0.4, -0.2) is 39.0 Å². The summed E-state index contributed by atoms with van der Waals surface area (Å²) in [7, 11) is 3.16. The number of allylic oxidation sites excluding steroid dienone is 8. The third-order valence-electron chi connectivity index (χ3n) is 7.35. The van der Waals surface area contributed by atoms with E-state index in [1.807, 2.05) is 116 Å². The lowest BCUT2D eigenvalue weighted by Gasteiger charge is -2.27. The Morgan fingerprint density at radius 3 is 1.23 bits per heavy atom. The minimum absolute atomic E-state index is 0.270. The van der Waals surface area contributed by atoms with E-state index in [1.165, 1.54) is 12.2 Å². The van der Waals surface area contributed by atoms with Crippen molar-refractivity contribution in [3.05, 3.63) is 106 Å². The van der Waals surface area contributed by atoms with Crippen molar-refractivity contribution < 1.29 is 28.5 Å². The molecule has 0 saturated carbocycles. The number of benzene rings is 2. The summed E-state index contributed by atoms with van der Waals surface area (Å²) in [6.45, 7) is 16.8. The van der Waals surface area contributed by atoms with Crippen molar-refractivity contribution >= 4 is 23.7 Å². The van der Waals surface area contributed by atoms with Crippen LogP contribution in [0, 0.1) is 5.41 Å². The lowest BCUT2D eigenvalue weighted by Crippen LogP contribution is -2.37. The van der Waals surface area contributed by atoms with Crippen molar-refractivity contribution in [3.63, 3.8) is 0 Å². The molecule has 0 aliphatic carbocycles. The van der Waals surface area contributed by atoms with E-state index in [0.29, 0.717) is 36.2 Å². The van der Waals surface area contributed by atoms with Crippen LogP contribution in [0.4, 0.5) is 0 Å². The van der Waals surface area contributed by atoms with Crippen molar-refractivity contribution in [1.82, 2.24) is 0 Å². The van der Waals surface area contributed by atoms with Gasteiger partial charge in [0.2, 0.25) is 0 Å². The predicted octanol–water partition coefficient (Wildman–Crippen LogP) is 9.96. The van der Waals surface area contributed by atoms with Crippen molar-refractivity contribution in [1.29, 1.82) is 0 Å². The van der Waals surface area contributed by atoms with E-state index in [-0.39, 0.29) is 24.4 Å². The van der Waals surface area contributed by atoms with E-state index >= 15 is 0 Å². The molecule has 0 aliphatic rings. The van der Waals surface area contributed by atoms with Crippen molar-refractivity contribution in [2.45, 2.75) is 68.2 Å². The molecule has 0 saturated heterocycles. The third kappa shape index (κ3) is 12.6. The second kappa shape index (κ2) is 19.2. The SMILES string of the molecule is COc1cc(/C=C/C(=O)C(CC=C(C)C)(CC=C(C)C)C(=O)/C=C/c2ccc(OCC=C(C)C)c(OC)c2)ccc1OCC=C(C)C. The molecular formula is C41H52O6. The lowest BCUT2D eigenvalue weighted by atomic mass is 9.72. The molecule has 6 heteroatoms. The highest BCUT2D eigenvalue weighted by molar-refractivity contribution is 6.17. The monoisotopic (exact) mass is 640 g/mol. The third-order valence-corrected chi connectivity index (χ3v) is 7.35. The molecule has 2 rings (SSSR count). The molecule has 0 aromatic heterocycles. The topological polar surface area (TPSA) is 71.1 Å². The minimum atomic E-state index is -1.32. The first-order chi connectivity index (χ1) is 22.3. The van der Waals surface area contributed by atoms with Gasteiger partial charge >= 0.3 is 0 Å². The van der Waals surface area contributed by atoms with Gasteiger partial charge in [-0.3, -0.25) is 9.59 Å². The van der Waals surface area contributed by atoms with Crippen LogP contribution < -0.4 is 18.9 Å². The largest absolute Gasteiger partial charge is 0.493 e. The van der Waals surface area contributed by atoms with Gasteiger partial charge in [0.15, 0.2) is 34.6 Å².